The van der Waals surface area contributed by atoms with E-state index < -0.39 is 11.4 Å². The lowest BCUT2D eigenvalue weighted by Gasteiger charge is -2.40. The predicted molar refractivity (Wildman–Crippen MR) is 70.6 cm³/mol. The van der Waals surface area contributed by atoms with Gasteiger partial charge in [-0.1, -0.05) is 18.0 Å². The van der Waals surface area contributed by atoms with Crippen molar-refractivity contribution in [2.45, 2.75) is 38.5 Å². The van der Waals surface area contributed by atoms with Gasteiger partial charge in [-0.05, 0) is 43.9 Å². The van der Waals surface area contributed by atoms with E-state index >= 15 is 0 Å². The predicted octanol–water partition coefficient (Wildman–Crippen LogP) is 3.47. The third-order valence-corrected chi connectivity index (χ3v) is 4.33. The van der Waals surface area contributed by atoms with Gasteiger partial charge in [-0.2, -0.15) is 0 Å². The van der Waals surface area contributed by atoms with E-state index in [1.165, 1.54) is 7.11 Å². The van der Waals surface area contributed by atoms with Crippen molar-refractivity contribution in [2.24, 2.45) is 0 Å². The zero-order valence-electron chi connectivity index (χ0n) is 10.8. The second-order valence-corrected chi connectivity index (χ2v) is 5.36. The van der Waals surface area contributed by atoms with E-state index in [0.717, 1.165) is 23.1 Å². The van der Waals surface area contributed by atoms with Crippen LogP contribution in [0.25, 0.3) is 0 Å². The maximum Gasteiger partial charge on any atom is 0.314 e. The zero-order chi connectivity index (χ0) is 13.5. The van der Waals surface area contributed by atoms with E-state index in [2.05, 4.69) is 0 Å². The van der Waals surface area contributed by atoms with Crippen molar-refractivity contribution in [1.82, 2.24) is 0 Å². The topological polar surface area (TPSA) is 46.5 Å². The summed E-state index contributed by atoms with van der Waals surface area (Å²) >= 11 is 6.18. The van der Waals surface area contributed by atoms with Crippen LogP contribution in [0.2, 0.25) is 5.02 Å². The lowest BCUT2D eigenvalue weighted by molar-refractivity contribution is -0.147. The van der Waals surface area contributed by atoms with Crippen LogP contribution in [0.15, 0.2) is 6.07 Å². The molecule has 2 rings (SSSR count). The molecular formula is C14H17ClO3. The first-order chi connectivity index (χ1) is 8.44. The molecule has 0 atom stereocenters. The standard InChI is InChI=1S/C14H17ClO3/c1-8-7-10(15)12(18-3)11(9(8)2)14(13(16)17)5-4-6-14/h7H,4-6H2,1-3H3,(H,16,17). The van der Waals surface area contributed by atoms with Gasteiger partial charge in [0.2, 0.25) is 0 Å². The Morgan fingerprint density at radius 3 is 2.44 bits per heavy atom. The van der Waals surface area contributed by atoms with Crippen LogP contribution in [-0.4, -0.2) is 18.2 Å². The van der Waals surface area contributed by atoms with Gasteiger partial charge in [0.15, 0.2) is 0 Å². The molecule has 0 heterocycles. The molecule has 1 aromatic rings. The SMILES string of the molecule is COc1c(Cl)cc(C)c(C)c1C1(C(=O)O)CCC1. The van der Waals surface area contributed by atoms with Gasteiger partial charge >= 0.3 is 5.97 Å². The molecule has 1 aliphatic carbocycles. The first-order valence-electron chi connectivity index (χ1n) is 6.01. The molecule has 0 radical (unpaired) electrons. The molecule has 1 aromatic carbocycles. The first-order valence-corrected chi connectivity index (χ1v) is 6.39. The number of halogens is 1. The van der Waals surface area contributed by atoms with Crippen LogP contribution in [0.4, 0.5) is 0 Å². The van der Waals surface area contributed by atoms with Gasteiger partial charge < -0.3 is 9.84 Å². The Labute approximate surface area is 112 Å². The van der Waals surface area contributed by atoms with Crippen molar-refractivity contribution >= 4 is 17.6 Å². The van der Waals surface area contributed by atoms with E-state index in [-0.39, 0.29) is 0 Å². The van der Waals surface area contributed by atoms with Gasteiger partial charge in [-0.25, -0.2) is 0 Å². The largest absolute Gasteiger partial charge is 0.495 e. The number of benzene rings is 1. The molecule has 0 spiro atoms. The van der Waals surface area contributed by atoms with Gasteiger partial charge in [0.25, 0.3) is 0 Å². The van der Waals surface area contributed by atoms with Crippen molar-refractivity contribution in [2.75, 3.05) is 7.11 Å². The number of hydrogen-bond acceptors (Lipinski definition) is 2. The van der Waals surface area contributed by atoms with Gasteiger partial charge in [-0.3, -0.25) is 4.79 Å². The minimum absolute atomic E-state index is 0.489. The molecule has 3 nitrogen and oxygen atoms in total. The number of aliphatic carboxylic acids is 1. The first kappa shape index (κ1) is 13.2. The van der Waals surface area contributed by atoms with Gasteiger partial charge in [0.05, 0.1) is 17.5 Å². The Morgan fingerprint density at radius 1 is 1.44 bits per heavy atom. The molecule has 0 saturated heterocycles. The van der Waals surface area contributed by atoms with E-state index in [1.807, 2.05) is 19.9 Å². The van der Waals surface area contributed by atoms with Crippen LogP contribution in [0.5, 0.6) is 5.75 Å². The summed E-state index contributed by atoms with van der Waals surface area (Å²) in [6, 6.07) is 1.83. The molecule has 0 aliphatic heterocycles. The second-order valence-electron chi connectivity index (χ2n) is 4.95. The van der Waals surface area contributed by atoms with E-state index in [9.17, 15) is 9.90 Å². The van der Waals surface area contributed by atoms with Crippen molar-refractivity contribution in [3.8, 4) is 5.75 Å². The number of rotatable bonds is 3. The number of carboxylic acid groups (broad SMARTS) is 1. The summed E-state index contributed by atoms with van der Waals surface area (Å²) in [5.41, 5.74) is 1.92. The molecule has 0 amide bonds. The summed E-state index contributed by atoms with van der Waals surface area (Å²) in [4.78, 5) is 11.6. The number of hydrogen-bond donors (Lipinski definition) is 1. The quantitative estimate of drug-likeness (QED) is 0.913. The summed E-state index contributed by atoms with van der Waals surface area (Å²) in [6.45, 7) is 3.88. The van der Waals surface area contributed by atoms with E-state index in [0.29, 0.717) is 23.6 Å². The summed E-state index contributed by atoms with van der Waals surface area (Å²) in [5.74, 6) is -0.265. The van der Waals surface area contributed by atoms with Crippen LogP contribution >= 0.6 is 11.6 Å². The van der Waals surface area contributed by atoms with E-state index in [1.54, 1.807) is 0 Å². The monoisotopic (exact) mass is 268 g/mol. The summed E-state index contributed by atoms with van der Waals surface area (Å²) in [6.07, 6.45) is 2.24. The fourth-order valence-corrected chi connectivity index (χ4v) is 3.06. The van der Waals surface area contributed by atoms with Crippen LogP contribution in [-0.2, 0) is 10.2 Å². The highest BCUT2D eigenvalue weighted by molar-refractivity contribution is 6.32. The molecule has 4 heteroatoms. The minimum atomic E-state index is -0.814. The molecule has 1 N–H and O–H groups in total. The van der Waals surface area contributed by atoms with Crippen LogP contribution < -0.4 is 4.74 Å². The fourth-order valence-electron chi connectivity index (χ4n) is 2.73. The second kappa shape index (κ2) is 4.47. The molecule has 0 aromatic heterocycles. The molecule has 1 aliphatic rings. The Morgan fingerprint density at radius 2 is 2.06 bits per heavy atom. The van der Waals surface area contributed by atoms with Crippen molar-refractivity contribution < 1.29 is 14.6 Å². The lowest BCUT2D eigenvalue weighted by Crippen LogP contribution is -2.43. The molecule has 18 heavy (non-hydrogen) atoms. The number of carbonyl (C=O) groups is 1. The molecule has 1 saturated carbocycles. The highest BCUT2D eigenvalue weighted by Crippen LogP contribution is 2.51. The maximum atomic E-state index is 11.6. The number of aryl methyl sites for hydroxylation is 1. The average molecular weight is 269 g/mol. The highest BCUT2D eigenvalue weighted by Gasteiger charge is 2.49. The zero-order valence-corrected chi connectivity index (χ0v) is 11.6. The van der Waals surface area contributed by atoms with Gasteiger partial charge in [0.1, 0.15) is 5.75 Å². The molecule has 98 valence electrons. The summed E-state index contributed by atoms with van der Waals surface area (Å²) in [7, 11) is 1.54. The van der Waals surface area contributed by atoms with Crippen LogP contribution in [0.3, 0.4) is 0 Å². The molecular weight excluding hydrogens is 252 g/mol. The van der Waals surface area contributed by atoms with E-state index in [4.69, 9.17) is 16.3 Å². The summed E-state index contributed by atoms with van der Waals surface area (Å²) in [5, 5.41) is 10.1. The Hall–Kier alpha value is -1.22. The Bertz CT molecular complexity index is 504. The van der Waals surface area contributed by atoms with Crippen LogP contribution in [0, 0.1) is 13.8 Å². The van der Waals surface area contributed by atoms with Gasteiger partial charge in [-0.15, -0.1) is 0 Å². The maximum absolute atomic E-state index is 11.6. The third-order valence-electron chi connectivity index (χ3n) is 4.05. The third kappa shape index (κ3) is 1.69. The molecule has 0 bridgehead atoms. The number of ether oxygens (including phenoxy) is 1. The fraction of sp³-hybridized carbons (Fsp3) is 0.500. The summed E-state index contributed by atoms with van der Waals surface area (Å²) < 4.78 is 5.35. The number of carboxylic acids is 1. The molecule has 1 fully saturated rings. The van der Waals surface area contributed by atoms with Crippen LogP contribution in [0.1, 0.15) is 36.0 Å². The Balaban J connectivity index is 2.72. The van der Waals surface area contributed by atoms with Crippen molar-refractivity contribution in [3.63, 3.8) is 0 Å². The average Bonchev–Trinajstić information content (AvgIpc) is 2.23. The van der Waals surface area contributed by atoms with Crippen molar-refractivity contribution in [1.29, 1.82) is 0 Å². The van der Waals surface area contributed by atoms with Gasteiger partial charge in [0, 0.05) is 5.56 Å². The lowest BCUT2D eigenvalue weighted by atomic mass is 9.63. The highest BCUT2D eigenvalue weighted by atomic mass is 35.5. The smallest absolute Gasteiger partial charge is 0.314 e. The van der Waals surface area contributed by atoms with Crippen molar-refractivity contribution in [3.05, 3.63) is 27.8 Å². The molecule has 0 unspecified atom stereocenters. The minimum Gasteiger partial charge on any atom is -0.495 e. The normalized spacial score (nSPS) is 17.1. The Kier molecular flexibility index (Phi) is 3.28. The number of methoxy groups -OCH3 is 1.